The number of hydrogen-bond donors (Lipinski definition) is 4. The molecule has 0 heterocycles. The van der Waals surface area contributed by atoms with E-state index in [-0.39, 0.29) is 19.3 Å². The minimum absolute atomic E-state index is 0.0885. The molecule has 0 fully saturated rings. The second-order valence-corrected chi connectivity index (χ2v) is 30.1. The van der Waals surface area contributed by atoms with Crippen molar-refractivity contribution in [3.8, 4) is 0 Å². The summed E-state index contributed by atoms with van der Waals surface area (Å²) in [6.45, 7) is 2.51. The van der Waals surface area contributed by atoms with Crippen LogP contribution in [0.1, 0.15) is 342 Å². The van der Waals surface area contributed by atoms with Crippen LogP contribution in [0.3, 0.4) is 0 Å². The van der Waals surface area contributed by atoms with Gasteiger partial charge in [-0.15, -0.1) is 0 Å². The Kier molecular flexibility index (Phi) is 74.5. The number of carbonyl (C=O) groups is 3. The molecule has 16 nitrogen and oxygen atoms in total. The molecule has 0 aromatic carbocycles. The second kappa shape index (κ2) is 77.6. The fourth-order valence-electron chi connectivity index (χ4n) is 10.9. The average Bonchev–Trinajstić information content (AvgIpc) is 0.944. The number of unbranched alkanes of at least 4 members (excludes halogenated alkanes) is 34. The molecule has 0 aliphatic rings. The van der Waals surface area contributed by atoms with Crippen molar-refractivity contribution in [1.29, 1.82) is 0 Å². The van der Waals surface area contributed by atoms with Crippen LogP contribution in [0, 0.1) is 0 Å². The van der Waals surface area contributed by atoms with Gasteiger partial charge in [0.15, 0.2) is 6.10 Å². The maximum absolute atomic E-state index is 12.9. The lowest BCUT2D eigenvalue weighted by Gasteiger charge is -2.21. The van der Waals surface area contributed by atoms with Gasteiger partial charge < -0.3 is 34.2 Å². The highest BCUT2D eigenvalue weighted by Gasteiger charge is 2.29. The largest absolute Gasteiger partial charge is 0.472 e. The molecule has 0 aliphatic heterocycles. The summed E-state index contributed by atoms with van der Waals surface area (Å²) in [5, 5.41) is 20.6. The molecule has 0 aliphatic carbocycles. The van der Waals surface area contributed by atoms with E-state index in [0.717, 1.165) is 141 Å². The van der Waals surface area contributed by atoms with Gasteiger partial charge in [0.1, 0.15) is 25.4 Å². The maximum Gasteiger partial charge on any atom is 0.472 e. The molecule has 0 saturated carbocycles. The van der Waals surface area contributed by atoms with Crippen molar-refractivity contribution >= 4 is 33.6 Å². The summed E-state index contributed by atoms with van der Waals surface area (Å²) in [6.07, 6.45) is 92.6. The van der Waals surface area contributed by atoms with E-state index >= 15 is 0 Å². The maximum atomic E-state index is 12.9. The highest BCUT2D eigenvalue weighted by Crippen LogP contribution is 2.45. The Hall–Kier alpha value is -4.05. The lowest BCUT2D eigenvalue weighted by molar-refractivity contribution is -0.161. The third-order valence-corrected chi connectivity index (χ3v) is 19.0. The topological polar surface area (TPSA) is 231 Å². The van der Waals surface area contributed by atoms with E-state index in [1.54, 1.807) is 0 Å². The molecule has 5 unspecified atom stereocenters. The van der Waals surface area contributed by atoms with Gasteiger partial charge in [-0.25, -0.2) is 9.13 Å². The van der Waals surface area contributed by atoms with E-state index in [9.17, 15) is 43.5 Å². The van der Waals surface area contributed by atoms with Gasteiger partial charge in [0.2, 0.25) is 0 Å². The number of rotatable bonds is 77. The molecule has 5 atom stereocenters. The van der Waals surface area contributed by atoms with Crippen molar-refractivity contribution in [3.63, 3.8) is 0 Å². The standard InChI is InChI=1S/C85H148O16P2/c1-4-7-10-13-16-19-22-25-27-29-31-33-34-35-36-37-38-39-40-41-42-43-44-46-48-49-51-54-56-59-62-65-68-71-83(88)95-74-80(86)75-97-102(91,92)98-76-81(87)77-99-103(93,94)100-79-82(101-85(90)73-70-67-64-61-58-53-24-21-18-15-12-9-6-3)78-96-84(89)72-69-66-63-60-57-55-52-50-47-45-32-30-28-26-23-20-17-14-11-8-5-2/h8,11,16-17,19-21,24-28,31-33,35-36,45,50,52,80-82,86-87H,4-7,9-10,12-15,18,22-23,29-30,34,37-44,46-49,51,53-79H2,1-3H3,(H,91,92)(H,93,94)/b11-8-,19-16-,20-17-,24-21-,27-25-,28-26-,33-31-,36-35-,45-32-,52-50-. The van der Waals surface area contributed by atoms with E-state index in [1.807, 2.05) is 0 Å². The number of ether oxygens (including phenoxy) is 3. The lowest BCUT2D eigenvalue weighted by Crippen LogP contribution is -2.30. The molecule has 0 bridgehead atoms. The number of esters is 3. The van der Waals surface area contributed by atoms with Crippen molar-refractivity contribution in [2.45, 2.75) is 360 Å². The Morgan fingerprint density at radius 1 is 0.282 bits per heavy atom. The van der Waals surface area contributed by atoms with Gasteiger partial charge in [-0.2, -0.15) is 0 Å². The van der Waals surface area contributed by atoms with Crippen LogP contribution in [0.2, 0.25) is 0 Å². The summed E-state index contributed by atoms with van der Waals surface area (Å²) in [6, 6.07) is 0. The fraction of sp³-hybridized carbons (Fsp3) is 0.729. The lowest BCUT2D eigenvalue weighted by atomic mass is 10.0. The zero-order valence-corrected chi connectivity index (χ0v) is 66.7. The van der Waals surface area contributed by atoms with Crippen LogP contribution in [-0.2, 0) is 55.8 Å². The van der Waals surface area contributed by atoms with Crippen LogP contribution in [0.15, 0.2) is 122 Å². The first-order chi connectivity index (χ1) is 50.2. The summed E-state index contributed by atoms with van der Waals surface area (Å²) < 4.78 is 61.1. The smallest absolute Gasteiger partial charge is 0.463 e. The van der Waals surface area contributed by atoms with Crippen LogP contribution in [0.25, 0.3) is 0 Å². The molecule has 594 valence electrons. The molecule has 0 aromatic rings. The predicted molar refractivity (Wildman–Crippen MR) is 427 cm³/mol. The molecule has 0 spiro atoms. The van der Waals surface area contributed by atoms with Gasteiger partial charge >= 0.3 is 33.6 Å². The molecular formula is C85H148O16P2. The Labute approximate surface area is 627 Å². The summed E-state index contributed by atoms with van der Waals surface area (Å²) in [7, 11) is -9.79. The van der Waals surface area contributed by atoms with Gasteiger partial charge in [0, 0.05) is 19.3 Å². The van der Waals surface area contributed by atoms with E-state index in [2.05, 4.69) is 142 Å². The Morgan fingerprint density at radius 2 is 0.515 bits per heavy atom. The van der Waals surface area contributed by atoms with Crippen LogP contribution in [0.5, 0.6) is 0 Å². The minimum Gasteiger partial charge on any atom is -0.463 e. The van der Waals surface area contributed by atoms with Crippen LogP contribution >= 0.6 is 15.6 Å². The molecule has 0 amide bonds. The van der Waals surface area contributed by atoms with E-state index < -0.39 is 91.5 Å². The second-order valence-electron chi connectivity index (χ2n) is 27.2. The third kappa shape index (κ3) is 78.8. The molecule has 0 radical (unpaired) electrons. The normalized spacial score (nSPS) is 14.6. The van der Waals surface area contributed by atoms with Gasteiger partial charge in [0.25, 0.3) is 0 Å². The van der Waals surface area contributed by atoms with Crippen molar-refractivity contribution < 1.29 is 75.8 Å². The van der Waals surface area contributed by atoms with Gasteiger partial charge in [-0.05, 0) is 135 Å². The predicted octanol–water partition coefficient (Wildman–Crippen LogP) is 24.1. The Balaban J connectivity index is 4.42. The van der Waals surface area contributed by atoms with Gasteiger partial charge in [-0.3, -0.25) is 32.5 Å². The zero-order valence-electron chi connectivity index (χ0n) is 65.0. The number of carbonyl (C=O) groups excluding carboxylic acids is 3. The van der Waals surface area contributed by atoms with E-state index in [0.29, 0.717) is 19.3 Å². The summed E-state index contributed by atoms with van der Waals surface area (Å²) in [4.78, 5) is 58.6. The first-order valence-corrected chi connectivity index (χ1v) is 43.8. The number of hydrogen-bond acceptors (Lipinski definition) is 14. The number of aliphatic hydroxyl groups is 2. The summed E-state index contributed by atoms with van der Waals surface area (Å²) in [5.41, 5.74) is 0. The highest BCUT2D eigenvalue weighted by atomic mass is 31.2. The number of allylic oxidation sites excluding steroid dienone is 20. The van der Waals surface area contributed by atoms with Crippen molar-refractivity contribution in [3.05, 3.63) is 122 Å². The van der Waals surface area contributed by atoms with Crippen molar-refractivity contribution in [2.24, 2.45) is 0 Å². The van der Waals surface area contributed by atoms with Gasteiger partial charge in [0.05, 0.1) is 26.4 Å². The van der Waals surface area contributed by atoms with Gasteiger partial charge in [-0.1, -0.05) is 309 Å². The number of phosphoric ester groups is 2. The molecule has 103 heavy (non-hydrogen) atoms. The fourth-order valence-corrected chi connectivity index (χ4v) is 12.5. The first kappa shape index (κ1) is 98.9. The van der Waals surface area contributed by atoms with E-state index in [4.69, 9.17) is 32.3 Å². The SMILES string of the molecule is CC/C=C\C/C=C\C/C=C\C/C=C\C/C=C\CCCCCCCC(=O)OCC(COP(=O)(O)OCC(O)COP(=O)(O)OCC(O)COC(=O)CCCCCCCCCCCCCCCCCCC/C=C\C/C=C\C/C=C\C/C=C\CCCCC)OC(=O)CCCCCCC/C=C\CCCCCC. The van der Waals surface area contributed by atoms with E-state index in [1.165, 1.54) is 141 Å². The number of phosphoric acid groups is 2. The number of aliphatic hydroxyl groups excluding tert-OH is 2. The monoisotopic (exact) mass is 1490 g/mol. The molecule has 4 N–H and O–H groups in total. The first-order valence-electron chi connectivity index (χ1n) is 40.8. The highest BCUT2D eigenvalue weighted by molar-refractivity contribution is 7.47. The Bertz CT molecular complexity index is 2360. The molecule has 0 aromatic heterocycles. The van der Waals surface area contributed by atoms with Crippen LogP contribution in [-0.4, -0.2) is 95.9 Å². The molecule has 0 rings (SSSR count). The summed E-state index contributed by atoms with van der Waals surface area (Å²) >= 11 is 0. The summed E-state index contributed by atoms with van der Waals surface area (Å²) in [5.74, 6) is -1.60. The van der Waals surface area contributed by atoms with Crippen molar-refractivity contribution in [1.82, 2.24) is 0 Å². The zero-order chi connectivity index (χ0) is 75.2. The molecule has 0 saturated heterocycles. The van der Waals surface area contributed by atoms with Crippen LogP contribution < -0.4 is 0 Å². The molecular weight excluding hydrogens is 1340 g/mol. The minimum atomic E-state index is -4.94. The third-order valence-electron chi connectivity index (χ3n) is 17.1. The van der Waals surface area contributed by atoms with Crippen molar-refractivity contribution in [2.75, 3.05) is 39.6 Å². The average molecular weight is 1490 g/mol. The van der Waals surface area contributed by atoms with Crippen LogP contribution in [0.4, 0.5) is 0 Å². The quantitative estimate of drug-likeness (QED) is 0.0146. The Morgan fingerprint density at radius 3 is 0.845 bits per heavy atom. The molecule has 18 heteroatoms.